The van der Waals surface area contributed by atoms with E-state index in [2.05, 4.69) is 5.32 Å². The molecule has 3 heteroatoms. The van der Waals surface area contributed by atoms with Gasteiger partial charge in [-0.3, -0.25) is 4.79 Å². The van der Waals surface area contributed by atoms with Crippen molar-refractivity contribution in [3.8, 4) is 0 Å². The van der Waals surface area contributed by atoms with Gasteiger partial charge in [0.25, 0.3) is 0 Å². The number of carbonyl (C=O) groups is 1. The Labute approximate surface area is 79.8 Å². The molecule has 0 fully saturated rings. The summed E-state index contributed by atoms with van der Waals surface area (Å²) in [5.41, 5.74) is 0. The summed E-state index contributed by atoms with van der Waals surface area (Å²) in [6.45, 7) is 5.96. The van der Waals surface area contributed by atoms with Gasteiger partial charge < -0.3 is 10.4 Å². The SMILES string of the molecule is C/C=C/C(=O)NC(CCO)C(C)C. The molecule has 1 amide bonds. The van der Waals surface area contributed by atoms with E-state index in [1.165, 1.54) is 6.08 Å². The molecule has 0 saturated carbocycles. The fourth-order valence-corrected chi connectivity index (χ4v) is 1.09. The highest BCUT2D eigenvalue weighted by Crippen LogP contribution is 2.05. The summed E-state index contributed by atoms with van der Waals surface area (Å²) in [7, 11) is 0. The standard InChI is InChI=1S/C10H19NO2/c1-4-5-10(13)11-9(6-7-12)8(2)3/h4-5,8-9,12H,6-7H2,1-3H3,(H,11,13)/b5-4+. The van der Waals surface area contributed by atoms with E-state index in [0.29, 0.717) is 12.3 Å². The van der Waals surface area contributed by atoms with Crippen LogP contribution in [0.1, 0.15) is 27.2 Å². The fraction of sp³-hybridized carbons (Fsp3) is 0.700. The predicted molar refractivity (Wildman–Crippen MR) is 53.3 cm³/mol. The number of hydrogen-bond acceptors (Lipinski definition) is 2. The monoisotopic (exact) mass is 185 g/mol. The van der Waals surface area contributed by atoms with Crippen molar-refractivity contribution in [2.45, 2.75) is 33.2 Å². The van der Waals surface area contributed by atoms with Gasteiger partial charge in [-0.1, -0.05) is 19.9 Å². The van der Waals surface area contributed by atoms with E-state index in [9.17, 15) is 4.79 Å². The highest BCUT2D eigenvalue weighted by atomic mass is 16.3. The summed E-state index contributed by atoms with van der Waals surface area (Å²) in [6.07, 6.45) is 3.80. The first-order valence-corrected chi connectivity index (χ1v) is 4.65. The van der Waals surface area contributed by atoms with Crippen LogP contribution in [0.15, 0.2) is 12.2 Å². The van der Waals surface area contributed by atoms with Gasteiger partial charge in [0.2, 0.25) is 5.91 Å². The minimum atomic E-state index is -0.0883. The van der Waals surface area contributed by atoms with Crippen molar-refractivity contribution in [1.82, 2.24) is 5.32 Å². The molecule has 1 unspecified atom stereocenters. The third-order valence-corrected chi connectivity index (χ3v) is 1.89. The van der Waals surface area contributed by atoms with E-state index in [1.807, 2.05) is 13.8 Å². The van der Waals surface area contributed by atoms with Crippen LogP contribution >= 0.6 is 0 Å². The quantitative estimate of drug-likeness (QED) is 0.630. The molecule has 2 N–H and O–H groups in total. The molecule has 13 heavy (non-hydrogen) atoms. The number of hydrogen-bond donors (Lipinski definition) is 2. The lowest BCUT2D eigenvalue weighted by molar-refractivity contribution is -0.117. The topological polar surface area (TPSA) is 49.3 Å². The Kier molecular flexibility index (Phi) is 6.24. The fourth-order valence-electron chi connectivity index (χ4n) is 1.09. The molecule has 0 aromatic rings. The molecule has 0 bridgehead atoms. The minimum Gasteiger partial charge on any atom is -0.396 e. The number of aliphatic hydroxyl groups is 1. The molecular weight excluding hydrogens is 166 g/mol. The van der Waals surface area contributed by atoms with Crippen LogP contribution in [0.3, 0.4) is 0 Å². The van der Waals surface area contributed by atoms with Gasteiger partial charge in [-0.15, -0.1) is 0 Å². The lowest BCUT2D eigenvalue weighted by Crippen LogP contribution is -2.38. The summed E-state index contributed by atoms with van der Waals surface area (Å²) >= 11 is 0. The van der Waals surface area contributed by atoms with Crippen LogP contribution in [0.2, 0.25) is 0 Å². The van der Waals surface area contributed by atoms with Crippen LogP contribution in [0.25, 0.3) is 0 Å². The van der Waals surface area contributed by atoms with E-state index in [0.717, 1.165) is 0 Å². The number of amides is 1. The van der Waals surface area contributed by atoms with Crippen LogP contribution < -0.4 is 5.32 Å². The zero-order chi connectivity index (χ0) is 10.3. The van der Waals surface area contributed by atoms with Crippen molar-refractivity contribution in [2.75, 3.05) is 6.61 Å². The summed E-state index contributed by atoms with van der Waals surface area (Å²) in [5.74, 6) is 0.260. The van der Waals surface area contributed by atoms with E-state index in [1.54, 1.807) is 13.0 Å². The van der Waals surface area contributed by atoms with Crippen molar-refractivity contribution < 1.29 is 9.90 Å². The first kappa shape index (κ1) is 12.2. The van der Waals surface area contributed by atoms with Gasteiger partial charge in [-0.05, 0) is 25.3 Å². The van der Waals surface area contributed by atoms with Gasteiger partial charge in [0.05, 0.1) is 0 Å². The molecular formula is C10H19NO2. The second-order valence-corrected chi connectivity index (χ2v) is 3.37. The first-order chi connectivity index (χ1) is 6.11. The maximum Gasteiger partial charge on any atom is 0.243 e. The number of nitrogens with one attached hydrogen (secondary N) is 1. The van der Waals surface area contributed by atoms with Crippen molar-refractivity contribution in [3.63, 3.8) is 0 Å². The molecule has 1 atom stereocenters. The van der Waals surface area contributed by atoms with Gasteiger partial charge in [-0.25, -0.2) is 0 Å². The number of allylic oxidation sites excluding steroid dienone is 1. The Morgan fingerprint density at radius 2 is 2.15 bits per heavy atom. The second-order valence-electron chi connectivity index (χ2n) is 3.37. The lowest BCUT2D eigenvalue weighted by atomic mass is 10.0. The van der Waals surface area contributed by atoms with E-state index in [4.69, 9.17) is 5.11 Å². The summed E-state index contributed by atoms with van der Waals surface area (Å²) in [4.78, 5) is 11.2. The Bertz CT molecular complexity index is 176. The first-order valence-electron chi connectivity index (χ1n) is 4.65. The van der Waals surface area contributed by atoms with E-state index < -0.39 is 0 Å². The Morgan fingerprint density at radius 3 is 2.54 bits per heavy atom. The average Bonchev–Trinajstić information content (AvgIpc) is 2.04. The molecule has 0 aliphatic rings. The number of carbonyl (C=O) groups excluding carboxylic acids is 1. The van der Waals surface area contributed by atoms with Crippen molar-refractivity contribution in [1.29, 1.82) is 0 Å². The van der Waals surface area contributed by atoms with Gasteiger partial charge in [0.1, 0.15) is 0 Å². The smallest absolute Gasteiger partial charge is 0.243 e. The van der Waals surface area contributed by atoms with Crippen molar-refractivity contribution >= 4 is 5.91 Å². The molecule has 0 spiro atoms. The third-order valence-electron chi connectivity index (χ3n) is 1.89. The molecule has 0 saturated heterocycles. The summed E-state index contributed by atoms with van der Waals surface area (Å²) in [5, 5.41) is 11.6. The minimum absolute atomic E-state index is 0.0636. The van der Waals surface area contributed by atoms with Crippen LogP contribution in [0.5, 0.6) is 0 Å². The summed E-state index contributed by atoms with van der Waals surface area (Å²) in [6, 6.07) is 0.0636. The molecule has 76 valence electrons. The van der Waals surface area contributed by atoms with Crippen LogP contribution in [0.4, 0.5) is 0 Å². The summed E-state index contributed by atoms with van der Waals surface area (Å²) < 4.78 is 0. The third kappa shape index (κ3) is 5.42. The maximum atomic E-state index is 11.2. The van der Waals surface area contributed by atoms with Gasteiger partial charge in [0.15, 0.2) is 0 Å². The molecule has 0 aromatic heterocycles. The molecule has 0 aromatic carbocycles. The lowest BCUT2D eigenvalue weighted by Gasteiger charge is -2.20. The molecule has 0 aliphatic carbocycles. The van der Waals surface area contributed by atoms with E-state index >= 15 is 0 Å². The van der Waals surface area contributed by atoms with Crippen molar-refractivity contribution in [2.24, 2.45) is 5.92 Å². The Balaban J connectivity index is 4.01. The predicted octanol–water partition coefficient (Wildman–Crippen LogP) is 1.09. The number of aliphatic hydroxyl groups excluding tert-OH is 1. The van der Waals surface area contributed by atoms with E-state index in [-0.39, 0.29) is 18.6 Å². The average molecular weight is 185 g/mol. The molecule has 0 aliphatic heterocycles. The Hall–Kier alpha value is -0.830. The zero-order valence-electron chi connectivity index (χ0n) is 8.58. The van der Waals surface area contributed by atoms with Crippen LogP contribution in [-0.2, 0) is 4.79 Å². The highest BCUT2D eigenvalue weighted by molar-refractivity contribution is 5.87. The number of rotatable bonds is 5. The van der Waals surface area contributed by atoms with Gasteiger partial charge >= 0.3 is 0 Å². The second kappa shape index (κ2) is 6.66. The Morgan fingerprint density at radius 1 is 1.54 bits per heavy atom. The maximum absolute atomic E-state index is 11.2. The zero-order valence-corrected chi connectivity index (χ0v) is 8.58. The molecule has 0 heterocycles. The normalized spacial score (nSPS) is 13.6. The molecule has 3 nitrogen and oxygen atoms in total. The van der Waals surface area contributed by atoms with Crippen molar-refractivity contribution in [3.05, 3.63) is 12.2 Å². The van der Waals surface area contributed by atoms with Crippen LogP contribution in [0, 0.1) is 5.92 Å². The van der Waals surface area contributed by atoms with Gasteiger partial charge in [0, 0.05) is 12.6 Å². The van der Waals surface area contributed by atoms with Crippen LogP contribution in [-0.4, -0.2) is 23.7 Å². The highest BCUT2D eigenvalue weighted by Gasteiger charge is 2.13. The molecule has 0 rings (SSSR count). The molecule has 0 radical (unpaired) electrons. The van der Waals surface area contributed by atoms with Gasteiger partial charge in [-0.2, -0.15) is 0 Å². The largest absolute Gasteiger partial charge is 0.396 e.